The Morgan fingerprint density at radius 3 is 2.00 bits per heavy atom. The molecule has 0 amide bonds. The normalized spacial score (nSPS) is 11.7. The smallest absolute Gasteiger partial charge is 0.406 e. The molecule has 0 aromatic heterocycles. The fraction of sp³-hybridized carbons (Fsp3) is 0.133. The van der Waals surface area contributed by atoms with E-state index in [1.165, 1.54) is 18.2 Å². The molecule has 0 aliphatic carbocycles. The minimum absolute atomic E-state index is 0.136. The van der Waals surface area contributed by atoms with Crippen LogP contribution in [-0.2, 0) is 0 Å². The Morgan fingerprint density at radius 1 is 0.792 bits per heavy atom. The molecule has 0 saturated heterocycles. The topological polar surface area (TPSA) is 42.2 Å². The van der Waals surface area contributed by atoms with Gasteiger partial charge in [0.05, 0.1) is 11.6 Å². The van der Waals surface area contributed by atoms with Gasteiger partial charge in [-0.25, -0.2) is 0 Å². The zero-order valence-corrected chi connectivity index (χ0v) is 11.6. The Labute approximate surface area is 131 Å². The van der Waals surface area contributed by atoms with Crippen LogP contribution in [0.15, 0.2) is 42.5 Å². The van der Waals surface area contributed by atoms with Crippen molar-refractivity contribution >= 4 is 0 Å². The van der Waals surface area contributed by atoms with Gasteiger partial charge < -0.3 is 9.47 Å². The Hall–Kier alpha value is -2.89. The number of nitriles is 1. The first-order valence-corrected chi connectivity index (χ1v) is 6.24. The monoisotopic (exact) mass is 347 g/mol. The van der Waals surface area contributed by atoms with Gasteiger partial charge >= 0.3 is 12.7 Å². The van der Waals surface area contributed by atoms with Crippen molar-refractivity contribution in [3.05, 3.63) is 48.0 Å². The minimum atomic E-state index is -5.00. The van der Waals surface area contributed by atoms with Crippen LogP contribution < -0.4 is 9.47 Å². The number of benzene rings is 2. The van der Waals surface area contributed by atoms with E-state index in [2.05, 4.69) is 9.47 Å². The van der Waals surface area contributed by atoms with Crippen molar-refractivity contribution in [3.8, 4) is 28.7 Å². The van der Waals surface area contributed by atoms with E-state index in [0.717, 1.165) is 24.3 Å². The molecule has 0 heterocycles. The summed E-state index contributed by atoms with van der Waals surface area (Å²) in [5.41, 5.74) is -0.513. The van der Waals surface area contributed by atoms with E-state index < -0.39 is 24.2 Å². The van der Waals surface area contributed by atoms with Crippen LogP contribution in [0.3, 0.4) is 0 Å². The van der Waals surface area contributed by atoms with Gasteiger partial charge in [-0.15, -0.1) is 26.3 Å². The molecule has 2 aromatic rings. The lowest BCUT2D eigenvalue weighted by atomic mass is 9.99. The molecule has 0 atom stereocenters. The molecule has 24 heavy (non-hydrogen) atoms. The standard InChI is InChI=1S/C15H7F6NO2/c16-14(17,18)23-10-6-5-9(8-22)12(7-10)11-3-1-2-4-13(11)24-15(19,20)21/h1-7H. The Kier molecular flexibility index (Phi) is 4.59. The second-order valence-electron chi connectivity index (χ2n) is 4.41. The van der Waals surface area contributed by atoms with Crippen LogP contribution in [0.25, 0.3) is 11.1 Å². The van der Waals surface area contributed by atoms with E-state index in [-0.39, 0.29) is 16.7 Å². The molecule has 0 radical (unpaired) electrons. The second-order valence-corrected chi connectivity index (χ2v) is 4.41. The molecule has 0 bridgehead atoms. The van der Waals surface area contributed by atoms with Crippen LogP contribution in [0, 0.1) is 11.3 Å². The number of para-hydroxylation sites is 1. The predicted molar refractivity (Wildman–Crippen MR) is 70.0 cm³/mol. The van der Waals surface area contributed by atoms with E-state index in [4.69, 9.17) is 5.26 Å². The summed E-state index contributed by atoms with van der Waals surface area (Å²) in [5, 5.41) is 9.05. The first-order valence-electron chi connectivity index (χ1n) is 6.24. The fourth-order valence-corrected chi connectivity index (χ4v) is 1.94. The highest BCUT2D eigenvalue weighted by Gasteiger charge is 2.33. The van der Waals surface area contributed by atoms with Crippen molar-refractivity contribution in [1.29, 1.82) is 5.26 Å². The van der Waals surface area contributed by atoms with Crippen molar-refractivity contribution in [3.63, 3.8) is 0 Å². The van der Waals surface area contributed by atoms with Gasteiger partial charge in [0, 0.05) is 11.1 Å². The van der Waals surface area contributed by atoms with Crippen molar-refractivity contribution in [2.24, 2.45) is 0 Å². The molecule has 126 valence electrons. The number of alkyl halides is 6. The van der Waals surface area contributed by atoms with Gasteiger partial charge in [0.25, 0.3) is 0 Å². The van der Waals surface area contributed by atoms with Gasteiger partial charge in [-0.05, 0) is 24.3 Å². The molecule has 2 aromatic carbocycles. The third-order valence-electron chi connectivity index (χ3n) is 2.75. The maximum Gasteiger partial charge on any atom is 0.573 e. The predicted octanol–water partition coefficient (Wildman–Crippen LogP) is 5.02. The molecular formula is C15H7F6NO2. The van der Waals surface area contributed by atoms with E-state index in [0.29, 0.717) is 0 Å². The molecule has 0 N–H and O–H groups in total. The molecule has 0 spiro atoms. The zero-order chi connectivity index (χ0) is 18.0. The average molecular weight is 347 g/mol. The zero-order valence-electron chi connectivity index (χ0n) is 11.6. The Morgan fingerprint density at radius 2 is 1.42 bits per heavy atom. The lowest BCUT2D eigenvalue weighted by Crippen LogP contribution is -2.18. The first kappa shape index (κ1) is 17.5. The summed E-state index contributed by atoms with van der Waals surface area (Å²) in [6.07, 6.45) is -9.98. The molecule has 0 unspecified atom stereocenters. The van der Waals surface area contributed by atoms with Gasteiger partial charge in [-0.3, -0.25) is 0 Å². The van der Waals surface area contributed by atoms with Crippen LogP contribution in [-0.4, -0.2) is 12.7 Å². The Balaban J connectivity index is 2.55. The lowest BCUT2D eigenvalue weighted by molar-refractivity contribution is -0.275. The highest BCUT2D eigenvalue weighted by molar-refractivity contribution is 5.76. The number of hydrogen-bond acceptors (Lipinski definition) is 3. The molecule has 2 rings (SSSR count). The molecule has 0 aliphatic rings. The Bertz CT molecular complexity index is 777. The minimum Gasteiger partial charge on any atom is -0.406 e. The summed E-state index contributed by atoms with van der Waals surface area (Å²) in [6.45, 7) is 0. The van der Waals surface area contributed by atoms with Gasteiger partial charge in [0.15, 0.2) is 0 Å². The first-order chi connectivity index (χ1) is 11.1. The van der Waals surface area contributed by atoms with E-state index >= 15 is 0 Å². The summed E-state index contributed by atoms with van der Waals surface area (Å²) in [6, 6.07) is 9.22. The molecule has 0 aliphatic heterocycles. The van der Waals surface area contributed by atoms with Crippen LogP contribution in [0.1, 0.15) is 5.56 Å². The van der Waals surface area contributed by atoms with E-state index in [1.807, 2.05) is 0 Å². The van der Waals surface area contributed by atoms with Crippen LogP contribution in [0.4, 0.5) is 26.3 Å². The SMILES string of the molecule is N#Cc1ccc(OC(F)(F)F)cc1-c1ccccc1OC(F)(F)F. The summed E-state index contributed by atoms with van der Waals surface area (Å²) in [7, 11) is 0. The number of nitrogens with zero attached hydrogens (tertiary/aromatic N) is 1. The second kappa shape index (κ2) is 6.31. The quantitative estimate of drug-likeness (QED) is 0.732. The summed E-state index contributed by atoms with van der Waals surface area (Å²) >= 11 is 0. The van der Waals surface area contributed by atoms with E-state index in [9.17, 15) is 26.3 Å². The van der Waals surface area contributed by atoms with Gasteiger partial charge in [-0.2, -0.15) is 5.26 Å². The average Bonchev–Trinajstić information content (AvgIpc) is 2.44. The van der Waals surface area contributed by atoms with Gasteiger partial charge in [0.2, 0.25) is 0 Å². The largest absolute Gasteiger partial charge is 0.573 e. The third kappa shape index (κ3) is 4.55. The van der Waals surface area contributed by atoms with E-state index in [1.54, 1.807) is 6.07 Å². The maximum absolute atomic E-state index is 12.5. The highest BCUT2D eigenvalue weighted by atomic mass is 19.4. The van der Waals surface area contributed by atoms with Gasteiger partial charge in [-0.1, -0.05) is 18.2 Å². The number of rotatable bonds is 3. The van der Waals surface area contributed by atoms with Crippen molar-refractivity contribution < 1.29 is 35.8 Å². The molecule has 9 heteroatoms. The number of ether oxygens (including phenoxy) is 2. The van der Waals surface area contributed by atoms with Crippen LogP contribution >= 0.6 is 0 Å². The van der Waals surface area contributed by atoms with Crippen molar-refractivity contribution in [2.75, 3.05) is 0 Å². The highest BCUT2D eigenvalue weighted by Crippen LogP contribution is 2.37. The van der Waals surface area contributed by atoms with Crippen LogP contribution in [0.5, 0.6) is 11.5 Å². The molecule has 0 fully saturated rings. The summed E-state index contributed by atoms with van der Waals surface area (Å²) in [5.74, 6) is -1.32. The van der Waals surface area contributed by atoms with Crippen molar-refractivity contribution in [2.45, 2.75) is 12.7 Å². The molecule has 0 saturated carbocycles. The summed E-state index contributed by atoms with van der Waals surface area (Å²) in [4.78, 5) is 0. The number of halogens is 6. The van der Waals surface area contributed by atoms with Crippen LogP contribution in [0.2, 0.25) is 0 Å². The number of hydrogen-bond donors (Lipinski definition) is 0. The van der Waals surface area contributed by atoms with Crippen molar-refractivity contribution in [1.82, 2.24) is 0 Å². The third-order valence-corrected chi connectivity index (χ3v) is 2.75. The molecular weight excluding hydrogens is 340 g/mol. The summed E-state index contributed by atoms with van der Waals surface area (Å²) < 4.78 is 81.9. The molecule has 3 nitrogen and oxygen atoms in total. The van der Waals surface area contributed by atoms with Gasteiger partial charge in [0.1, 0.15) is 11.5 Å². The maximum atomic E-state index is 12.5. The lowest BCUT2D eigenvalue weighted by Gasteiger charge is -2.15. The fourth-order valence-electron chi connectivity index (χ4n) is 1.94.